The van der Waals surface area contributed by atoms with Gasteiger partial charge in [-0.1, -0.05) is 10.3 Å². The summed E-state index contributed by atoms with van der Waals surface area (Å²) in [5, 5.41) is 22.8. The minimum absolute atomic E-state index is 0.0736. The molecule has 2 aromatic rings. The first-order chi connectivity index (χ1) is 8.63. The number of nitrogens with two attached hydrogens (primary N) is 1. The molecule has 0 unspecified atom stereocenters. The number of hydrogen-bond acceptors (Lipinski definition) is 6. The lowest BCUT2D eigenvalue weighted by molar-refractivity contribution is 0.318. The second kappa shape index (κ2) is 4.70. The fourth-order valence-corrected chi connectivity index (χ4v) is 1.54. The van der Waals surface area contributed by atoms with Crippen LogP contribution in [0.4, 0.5) is 11.6 Å². The summed E-state index contributed by atoms with van der Waals surface area (Å²) in [6, 6.07) is 7.18. The molecule has 8 nitrogen and oxygen atoms in total. The normalized spacial score (nSPS) is 11.6. The Balaban J connectivity index is 2.28. The van der Waals surface area contributed by atoms with E-state index in [4.69, 9.17) is 10.9 Å². The molecule has 0 atom stereocenters. The first-order valence-corrected chi connectivity index (χ1v) is 5.17. The molecular formula is C10H13N7O. The fourth-order valence-electron chi connectivity index (χ4n) is 1.54. The molecule has 1 heterocycles. The van der Waals surface area contributed by atoms with Gasteiger partial charge in [0, 0.05) is 25.3 Å². The number of aryl methyl sites for hydroxylation is 1. The number of hydrogen-bond donors (Lipinski definition) is 2. The third-order valence-electron chi connectivity index (χ3n) is 2.56. The van der Waals surface area contributed by atoms with Crippen molar-refractivity contribution in [2.75, 3.05) is 11.9 Å². The molecule has 8 heteroatoms. The number of aromatic nitrogens is 4. The van der Waals surface area contributed by atoms with Crippen LogP contribution >= 0.6 is 0 Å². The van der Waals surface area contributed by atoms with E-state index in [0.29, 0.717) is 11.5 Å². The average Bonchev–Trinajstić information content (AvgIpc) is 2.83. The van der Waals surface area contributed by atoms with E-state index >= 15 is 0 Å². The molecule has 0 saturated heterocycles. The van der Waals surface area contributed by atoms with Crippen molar-refractivity contribution in [1.29, 1.82) is 0 Å². The van der Waals surface area contributed by atoms with Crippen LogP contribution < -0.4 is 10.6 Å². The highest BCUT2D eigenvalue weighted by atomic mass is 16.4. The number of benzene rings is 1. The van der Waals surface area contributed by atoms with E-state index < -0.39 is 0 Å². The second-order valence-electron chi connectivity index (χ2n) is 3.69. The maximum atomic E-state index is 8.58. The van der Waals surface area contributed by atoms with Crippen molar-refractivity contribution in [2.24, 2.45) is 17.9 Å². The van der Waals surface area contributed by atoms with Crippen molar-refractivity contribution < 1.29 is 5.21 Å². The molecule has 0 aliphatic heterocycles. The third kappa shape index (κ3) is 2.08. The molecule has 0 aliphatic carbocycles. The molecule has 0 spiro atoms. The zero-order valence-corrected chi connectivity index (χ0v) is 10.0. The summed E-state index contributed by atoms with van der Waals surface area (Å²) in [7, 11) is 3.61. The van der Waals surface area contributed by atoms with Gasteiger partial charge in [-0.2, -0.15) is 0 Å². The van der Waals surface area contributed by atoms with Gasteiger partial charge in [-0.3, -0.25) is 0 Å². The van der Waals surface area contributed by atoms with Crippen LogP contribution in [0.1, 0.15) is 5.56 Å². The van der Waals surface area contributed by atoms with E-state index in [-0.39, 0.29) is 5.84 Å². The highest BCUT2D eigenvalue weighted by Crippen LogP contribution is 2.20. The van der Waals surface area contributed by atoms with Crippen LogP contribution in [0.25, 0.3) is 0 Å². The van der Waals surface area contributed by atoms with E-state index in [1.807, 2.05) is 24.1 Å². The lowest BCUT2D eigenvalue weighted by atomic mass is 10.2. The number of tetrazole rings is 1. The molecular weight excluding hydrogens is 234 g/mol. The SMILES string of the molecule is CN(c1ccc(C(N)=NO)cc1)c1nnnn1C. The Morgan fingerprint density at radius 2 is 2.06 bits per heavy atom. The van der Waals surface area contributed by atoms with Gasteiger partial charge in [-0.05, 0) is 34.7 Å². The van der Waals surface area contributed by atoms with Crippen LogP contribution in [0.3, 0.4) is 0 Å². The Labute approximate surface area is 103 Å². The number of amidine groups is 1. The van der Waals surface area contributed by atoms with Gasteiger partial charge in [-0.25, -0.2) is 4.68 Å². The number of anilines is 2. The van der Waals surface area contributed by atoms with E-state index in [2.05, 4.69) is 20.7 Å². The molecule has 1 aromatic carbocycles. The summed E-state index contributed by atoms with van der Waals surface area (Å²) >= 11 is 0. The fraction of sp³-hybridized carbons (Fsp3) is 0.200. The highest BCUT2D eigenvalue weighted by molar-refractivity contribution is 5.97. The summed E-state index contributed by atoms with van der Waals surface area (Å²) in [4.78, 5) is 1.83. The lowest BCUT2D eigenvalue weighted by Gasteiger charge is -2.16. The van der Waals surface area contributed by atoms with Gasteiger partial charge in [0.05, 0.1) is 0 Å². The molecule has 0 bridgehead atoms. The van der Waals surface area contributed by atoms with E-state index in [1.54, 1.807) is 23.9 Å². The molecule has 3 N–H and O–H groups in total. The van der Waals surface area contributed by atoms with Crippen molar-refractivity contribution in [2.45, 2.75) is 0 Å². The highest BCUT2D eigenvalue weighted by Gasteiger charge is 2.10. The van der Waals surface area contributed by atoms with Crippen molar-refractivity contribution in [1.82, 2.24) is 20.2 Å². The molecule has 18 heavy (non-hydrogen) atoms. The molecule has 0 saturated carbocycles. The minimum Gasteiger partial charge on any atom is -0.409 e. The quantitative estimate of drug-likeness (QED) is 0.344. The summed E-state index contributed by atoms with van der Waals surface area (Å²) in [5.74, 6) is 0.691. The van der Waals surface area contributed by atoms with E-state index in [9.17, 15) is 0 Å². The lowest BCUT2D eigenvalue weighted by Crippen LogP contribution is -2.16. The standard InChI is InChI=1S/C10H13N7O/c1-16(10-12-14-15-17(10)2)8-5-3-7(4-6-8)9(11)13-18/h3-6,18H,1-2H3,(H2,11,13). The monoisotopic (exact) mass is 247 g/mol. The van der Waals surface area contributed by atoms with Gasteiger partial charge in [0.15, 0.2) is 5.84 Å². The maximum Gasteiger partial charge on any atom is 0.249 e. The van der Waals surface area contributed by atoms with E-state index in [1.165, 1.54) is 0 Å². The predicted molar refractivity (Wildman–Crippen MR) is 65.8 cm³/mol. The van der Waals surface area contributed by atoms with Gasteiger partial charge < -0.3 is 15.8 Å². The Kier molecular flexibility index (Phi) is 3.09. The van der Waals surface area contributed by atoms with Crippen molar-refractivity contribution >= 4 is 17.5 Å². The molecule has 1 aromatic heterocycles. The van der Waals surface area contributed by atoms with Crippen LogP contribution in [0.15, 0.2) is 29.4 Å². The number of nitrogens with zero attached hydrogens (tertiary/aromatic N) is 6. The Bertz CT molecular complexity index is 560. The number of rotatable bonds is 3. The van der Waals surface area contributed by atoms with Gasteiger partial charge in [0.2, 0.25) is 5.95 Å². The smallest absolute Gasteiger partial charge is 0.249 e. The van der Waals surface area contributed by atoms with Crippen molar-refractivity contribution in [3.05, 3.63) is 29.8 Å². The Morgan fingerprint density at radius 1 is 1.39 bits per heavy atom. The zero-order chi connectivity index (χ0) is 13.1. The largest absolute Gasteiger partial charge is 0.409 e. The number of oxime groups is 1. The molecule has 0 fully saturated rings. The van der Waals surface area contributed by atoms with Crippen LogP contribution in [-0.2, 0) is 7.05 Å². The molecule has 0 radical (unpaired) electrons. The van der Waals surface area contributed by atoms with Gasteiger partial charge in [-0.15, -0.1) is 0 Å². The zero-order valence-electron chi connectivity index (χ0n) is 10.0. The summed E-state index contributed by atoms with van der Waals surface area (Å²) in [6.45, 7) is 0. The molecule has 2 rings (SSSR count). The summed E-state index contributed by atoms with van der Waals surface area (Å²) in [6.07, 6.45) is 0. The summed E-state index contributed by atoms with van der Waals surface area (Å²) in [5.41, 5.74) is 7.02. The van der Waals surface area contributed by atoms with Crippen molar-refractivity contribution in [3.8, 4) is 0 Å². The molecule has 0 amide bonds. The van der Waals surface area contributed by atoms with Gasteiger partial charge in [0.1, 0.15) is 0 Å². The Morgan fingerprint density at radius 3 is 2.56 bits per heavy atom. The van der Waals surface area contributed by atoms with Gasteiger partial charge in [0.25, 0.3) is 0 Å². The first kappa shape index (κ1) is 11.8. The van der Waals surface area contributed by atoms with E-state index in [0.717, 1.165) is 5.69 Å². The predicted octanol–water partition coefficient (Wildman–Crippen LogP) is 0.0725. The first-order valence-electron chi connectivity index (χ1n) is 5.17. The summed E-state index contributed by atoms with van der Waals surface area (Å²) < 4.78 is 1.57. The van der Waals surface area contributed by atoms with Crippen LogP contribution in [0.2, 0.25) is 0 Å². The maximum absolute atomic E-state index is 8.58. The Hall–Kier alpha value is -2.64. The van der Waals surface area contributed by atoms with Crippen molar-refractivity contribution in [3.63, 3.8) is 0 Å². The average molecular weight is 247 g/mol. The third-order valence-corrected chi connectivity index (χ3v) is 2.56. The van der Waals surface area contributed by atoms with Crippen LogP contribution in [0.5, 0.6) is 0 Å². The van der Waals surface area contributed by atoms with Crippen LogP contribution in [0, 0.1) is 0 Å². The minimum atomic E-state index is 0.0736. The topological polar surface area (TPSA) is 105 Å². The van der Waals surface area contributed by atoms with Crippen LogP contribution in [-0.4, -0.2) is 38.3 Å². The second-order valence-corrected chi connectivity index (χ2v) is 3.69. The molecule has 0 aliphatic rings. The molecule has 94 valence electrons. The van der Waals surface area contributed by atoms with Gasteiger partial charge >= 0.3 is 0 Å².